The molecule has 0 spiro atoms. The van der Waals surface area contributed by atoms with Crippen LogP contribution in [0.3, 0.4) is 0 Å². The van der Waals surface area contributed by atoms with Gasteiger partial charge in [0.25, 0.3) is 5.91 Å². The molecule has 2 aliphatic heterocycles. The molecule has 2 fully saturated rings. The minimum atomic E-state index is -1.10. The van der Waals surface area contributed by atoms with Crippen molar-refractivity contribution in [1.29, 1.82) is 0 Å². The monoisotopic (exact) mass is 337 g/mol. The smallest absolute Gasteiger partial charge is 0.325 e. The van der Waals surface area contributed by atoms with Crippen LogP contribution in [0.25, 0.3) is 0 Å². The van der Waals surface area contributed by atoms with Crippen LogP contribution < -0.4 is 5.32 Å². The summed E-state index contributed by atoms with van der Waals surface area (Å²) in [6, 6.07) is 1.27. The average molecular weight is 337 g/mol. The number of imide groups is 1. The first-order valence-corrected chi connectivity index (χ1v) is 8.42. The number of nitrogens with zero attached hydrogens (tertiary/aromatic N) is 2. The van der Waals surface area contributed by atoms with Gasteiger partial charge < -0.3 is 15.0 Å². The van der Waals surface area contributed by atoms with Crippen molar-refractivity contribution in [2.75, 3.05) is 26.2 Å². The number of hydrogen-bond donors (Lipinski definition) is 1. The summed E-state index contributed by atoms with van der Waals surface area (Å²) in [5.74, 6) is -0.631. The molecule has 0 saturated carbocycles. The highest BCUT2D eigenvalue weighted by Gasteiger charge is 2.50. The Hall–Kier alpha value is -1.93. The SMILES string of the molecule is CC1CN(C(=O)CN2C(=O)NC(C)(c3ccsc3)C2=O)CCO1. The van der Waals surface area contributed by atoms with Gasteiger partial charge in [-0.3, -0.25) is 14.5 Å². The normalized spacial score (nSPS) is 28.2. The van der Waals surface area contributed by atoms with Gasteiger partial charge in [0, 0.05) is 13.1 Å². The predicted octanol–water partition coefficient (Wildman–Crippen LogP) is 0.762. The summed E-state index contributed by atoms with van der Waals surface area (Å²) in [6.45, 7) is 4.74. The first kappa shape index (κ1) is 15.9. The van der Waals surface area contributed by atoms with Crippen LogP contribution >= 0.6 is 11.3 Å². The van der Waals surface area contributed by atoms with Crippen LogP contribution in [0, 0.1) is 0 Å². The van der Waals surface area contributed by atoms with Crippen molar-refractivity contribution in [3.8, 4) is 0 Å². The number of carbonyl (C=O) groups excluding carboxylic acids is 3. The highest BCUT2D eigenvalue weighted by atomic mass is 32.1. The molecule has 0 radical (unpaired) electrons. The van der Waals surface area contributed by atoms with E-state index in [9.17, 15) is 14.4 Å². The predicted molar refractivity (Wildman–Crippen MR) is 83.9 cm³/mol. The van der Waals surface area contributed by atoms with Crippen molar-refractivity contribution in [1.82, 2.24) is 15.1 Å². The second-order valence-electron chi connectivity index (χ2n) is 5.98. The van der Waals surface area contributed by atoms with Crippen LogP contribution in [0.4, 0.5) is 4.79 Å². The fourth-order valence-electron chi connectivity index (χ4n) is 2.87. The Morgan fingerprint density at radius 2 is 2.30 bits per heavy atom. The summed E-state index contributed by atoms with van der Waals surface area (Å²) in [4.78, 5) is 39.9. The number of urea groups is 1. The summed E-state index contributed by atoms with van der Waals surface area (Å²) in [5.41, 5.74) is -0.369. The molecule has 2 unspecified atom stereocenters. The van der Waals surface area contributed by atoms with E-state index in [1.807, 2.05) is 17.7 Å². The Morgan fingerprint density at radius 1 is 1.52 bits per heavy atom. The standard InChI is InChI=1S/C15H19N3O4S/c1-10-7-17(4-5-22-10)12(19)8-18-13(20)15(2,16-14(18)21)11-3-6-23-9-11/h3,6,9-10H,4-5,7-8H2,1-2H3,(H,16,21). The number of rotatable bonds is 3. The molecule has 2 atom stereocenters. The Bertz CT molecular complexity index is 633. The first-order chi connectivity index (χ1) is 10.9. The number of carbonyl (C=O) groups is 3. The number of morpholine rings is 1. The second-order valence-corrected chi connectivity index (χ2v) is 6.76. The molecule has 7 nitrogen and oxygen atoms in total. The molecule has 0 bridgehead atoms. The minimum absolute atomic E-state index is 0.0353. The molecular weight excluding hydrogens is 318 g/mol. The zero-order valence-electron chi connectivity index (χ0n) is 13.1. The number of nitrogens with one attached hydrogen (secondary N) is 1. The van der Waals surface area contributed by atoms with E-state index in [2.05, 4.69) is 5.32 Å². The molecule has 1 aromatic heterocycles. The molecule has 124 valence electrons. The van der Waals surface area contributed by atoms with E-state index in [0.29, 0.717) is 19.7 Å². The van der Waals surface area contributed by atoms with Crippen LogP contribution in [-0.4, -0.2) is 60.0 Å². The molecule has 2 aliphatic rings. The molecule has 8 heteroatoms. The van der Waals surface area contributed by atoms with Crippen molar-refractivity contribution < 1.29 is 19.1 Å². The van der Waals surface area contributed by atoms with E-state index in [1.54, 1.807) is 17.9 Å². The summed E-state index contributed by atoms with van der Waals surface area (Å²) >= 11 is 1.46. The van der Waals surface area contributed by atoms with Gasteiger partial charge in [-0.05, 0) is 36.2 Å². The van der Waals surface area contributed by atoms with Gasteiger partial charge in [0.1, 0.15) is 12.1 Å². The largest absolute Gasteiger partial charge is 0.375 e. The van der Waals surface area contributed by atoms with Gasteiger partial charge in [-0.2, -0.15) is 11.3 Å². The third-order valence-corrected chi connectivity index (χ3v) is 4.94. The maximum Gasteiger partial charge on any atom is 0.325 e. The van der Waals surface area contributed by atoms with Gasteiger partial charge >= 0.3 is 6.03 Å². The molecule has 23 heavy (non-hydrogen) atoms. The van der Waals surface area contributed by atoms with Gasteiger partial charge in [0.15, 0.2) is 0 Å². The lowest BCUT2D eigenvalue weighted by Gasteiger charge is -2.32. The molecule has 2 saturated heterocycles. The Balaban J connectivity index is 1.72. The molecule has 3 heterocycles. The van der Waals surface area contributed by atoms with Gasteiger partial charge in [0.05, 0.1) is 12.7 Å². The lowest BCUT2D eigenvalue weighted by molar-refractivity contribution is -0.143. The van der Waals surface area contributed by atoms with Gasteiger partial charge in [-0.1, -0.05) is 0 Å². The Labute approximate surface area is 138 Å². The van der Waals surface area contributed by atoms with Crippen molar-refractivity contribution in [3.63, 3.8) is 0 Å². The Kier molecular flexibility index (Phi) is 4.11. The fourth-order valence-corrected chi connectivity index (χ4v) is 3.63. The molecule has 0 aliphatic carbocycles. The highest BCUT2D eigenvalue weighted by Crippen LogP contribution is 2.30. The van der Waals surface area contributed by atoms with Gasteiger partial charge in [-0.25, -0.2) is 4.79 Å². The number of ether oxygens (including phenoxy) is 1. The topological polar surface area (TPSA) is 79.0 Å². The lowest BCUT2D eigenvalue weighted by Crippen LogP contribution is -2.49. The maximum absolute atomic E-state index is 12.7. The maximum atomic E-state index is 12.7. The molecule has 0 aromatic carbocycles. The van der Waals surface area contributed by atoms with Crippen molar-refractivity contribution in [3.05, 3.63) is 22.4 Å². The minimum Gasteiger partial charge on any atom is -0.375 e. The van der Waals surface area contributed by atoms with Crippen LogP contribution in [-0.2, 0) is 19.9 Å². The van der Waals surface area contributed by atoms with Crippen molar-refractivity contribution >= 4 is 29.2 Å². The van der Waals surface area contributed by atoms with E-state index in [4.69, 9.17) is 4.74 Å². The number of thiophene rings is 1. The van der Waals surface area contributed by atoms with Crippen LogP contribution in [0.15, 0.2) is 16.8 Å². The molecule has 4 amide bonds. The summed E-state index contributed by atoms with van der Waals surface area (Å²) in [7, 11) is 0. The van der Waals surface area contributed by atoms with E-state index < -0.39 is 17.5 Å². The summed E-state index contributed by atoms with van der Waals surface area (Å²) in [5, 5.41) is 6.37. The molecule has 3 rings (SSSR count). The third kappa shape index (κ3) is 2.84. The van der Waals surface area contributed by atoms with Crippen LogP contribution in [0.1, 0.15) is 19.4 Å². The van der Waals surface area contributed by atoms with E-state index in [0.717, 1.165) is 10.5 Å². The molecule has 1 N–H and O–H groups in total. The van der Waals surface area contributed by atoms with Crippen LogP contribution in [0.2, 0.25) is 0 Å². The summed E-state index contributed by atoms with van der Waals surface area (Å²) in [6.07, 6.45) is -0.0353. The molecule has 1 aromatic rings. The van der Waals surface area contributed by atoms with E-state index in [1.165, 1.54) is 11.3 Å². The number of hydrogen-bond acceptors (Lipinski definition) is 5. The zero-order valence-corrected chi connectivity index (χ0v) is 13.9. The summed E-state index contributed by atoms with van der Waals surface area (Å²) < 4.78 is 5.40. The fraction of sp³-hybridized carbons (Fsp3) is 0.533. The second kappa shape index (κ2) is 5.93. The average Bonchev–Trinajstić information content (AvgIpc) is 3.12. The van der Waals surface area contributed by atoms with Gasteiger partial charge in [-0.15, -0.1) is 0 Å². The van der Waals surface area contributed by atoms with Gasteiger partial charge in [0.2, 0.25) is 5.91 Å². The quantitative estimate of drug-likeness (QED) is 0.826. The molecular formula is C15H19N3O4S. The van der Waals surface area contributed by atoms with Crippen molar-refractivity contribution in [2.24, 2.45) is 0 Å². The van der Waals surface area contributed by atoms with Crippen LogP contribution in [0.5, 0.6) is 0 Å². The van der Waals surface area contributed by atoms with E-state index >= 15 is 0 Å². The Morgan fingerprint density at radius 3 is 2.96 bits per heavy atom. The van der Waals surface area contributed by atoms with E-state index in [-0.39, 0.29) is 18.6 Å². The lowest BCUT2D eigenvalue weighted by atomic mass is 9.95. The zero-order chi connectivity index (χ0) is 16.6. The third-order valence-electron chi connectivity index (χ3n) is 4.26. The highest BCUT2D eigenvalue weighted by molar-refractivity contribution is 7.08. The number of amides is 4. The van der Waals surface area contributed by atoms with Crippen molar-refractivity contribution in [2.45, 2.75) is 25.5 Å². The first-order valence-electron chi connectivity index (χ1n) is 7.48.